The van der Waals surface area contributed by atoms with Crippen LogP contribution in [0.1, 0.15) is 0 Å². The van der Waals surface area contributed by atoms with Gasteiger partial charge in [0.15, 0.2) is 11.5 Å². The van der Waals surface area contributed by atoms with Gasteiger partial charge in [-0.05, 0) is 35.4 Å². The Labute approximate surface area is 168 Å². The van der Waals surface area contributed by atoms with E-state index in [1.165, 1.54) is 0 Å². The Bertz CT molecular complexity index is 1130. The molecule has 0 fully saturated rings. The van der Waals surface area contributed by atoms with Gasteiger partial charge in [0.1, 0.15) is 0 Å². The maximum absolute atomic E-state index is 5.49. The molecule has 2 aromatic carbocycles. The number of fused-ring (bicyclic) bond motifs is 1. The fourth-order valence-corrected chi connectivity index (χ4v) is 3.27. The number of methoxy groups -OCH3 is 4. The summed E-state index contributed by atoms with van der Waals surface area (Å²) < 4.78 is 23.4. The molecule has 0 aliphatic rings. The van der Waals surface area contributed by atoms with Crippen molar-refractivity contribution in [1.82, 2.24) is 14.8 Å². The maximum Gasteiger partial charge on any atom is 0.213 e. The molecule has 0 saturated carbocycles. The second-order valence-corrected chi connectivity index (χ2v) is 6.30. The first kappa shape index (κ1) is 18.6. The highest BCUT2D eigenvalue weighted by Gasteiger charge is 2.15. The largest absolute Gasteiger partial charge is 0.493 e. The van der Waals surface area contributed by atoms with E-state index < -0.39 is 0 Å². The van der Waals surface area contributed by atoms with Crippen LogP contribution in [0.25, 0.3) is 27.7 Å². The Morgan fingerprint density at radius 2 is 1.48 bits per heavy atom. The van der Waals surface area contributed by atoms with Gasteiger partial charge in [-0.3, -0.25) is 0 Å². The third-order valence-corrected chi connectivity index (χ3v) is 4.74. The standard InChI is InChI=1S/C22H21N3O4/c1-26-19-10-16(11-20(27-2)22(19)29-4)14-5-6-15-12-24-25(18(15)9-14)17-7-8-21(28-3)23-13-17/h5-13H,1-4H3. The van der Waals surface area contributed by atoms with E-state index in [9.17, 15) is 0 Å². The van der Waals surface area contributed by atoms with E-state index in [-0.39, 0.29) is 0 Å². The molecule has 0 saturated heterocycles. The van der Waals surface area contributed by atoms with Gasteiger partial charge in [-0.2, -0.15) is 5.10 Å². The minimum atomic E-state index is 0.559. The van der Waals surface area contributed by atoms with Crippen LogP contribution in [0.4, 0.5) is 0 Å². The van der Waals surface area contributed by atoms with Gasteiger partial charge in [-0.15, -0.1) is 0 Å². The van der Waals surface area contributed by atoms with Gasteiger partial charge in [0, 0.05) is 11.5 Å². The summed E-state index contributed by atoms with van der Waals surface area (Å²) in [6, 6.07) is 13.7. The second kappa shape index (κ2) is 7.71. The molecular formula is C22H21N3O4. The second-order valence-electron chi connectivity index (χ2n) is 6.30. The molecule has 4 aromatic rings. The number of pyridine rings is 1. The molecule has 0 aliphatic heterocycles. The molecule has 2 heterocycles. The lowest BCUT2D eigenvalue weighted by atomic mass is 10.0. The first-order valence-electron chi connectivity index (χ1n) is 8.97. The normalized spacial score (nSPS) is 10.8. The van der Waals surface area contributed by atoms with Crippen LogP contribution in [0.15, 0.2) is 54.9 Å². The minimum Gasteiger partial charge on any atom is -0.493 e. The number of benzene rings is 2. The van der Waals surface area contributed by atoms with E-state index in [1.54, 1.807) is 34.6 Å². The molecule has 0 unspecified atom stereocenters. The van der Waals surface area contributed by atoms with Gasteiger partial charge in [0.25, 0.3) is 0 Å². The van der Waals surface area contributed by atoms with E-state index in [0.29, 0.717) is 23.1 Å². The molecule has 0 spiro atoms. The van der Waals surface area contributed by atoms with Crippen molar-refractivity contribution in [3.8, 4) is 39.9 Å². The van der Waals surface area contributed by atoms with Crippen molar-refractivity contribution in [3.05, 3.63) is 54.9 Å². The predicted octanol–water partition coefficient (Wildman–Crippen LogP) is 4.12. The minimum absolute atomic E-state index is 0.559. The Morgan fingerprint density at radius 3 is 2.07 bits per heavy atom. The number of hydrogen-bond acceptors (Lipinski definition) is 6. The van der Waals surface area contributed by atoms with Gasteiger partial charge in [0.05, 0.1) is 52.0 Å². The fourth-order valence-electron chi connectivity index (χ4n) is 3.27. The molecule has 29 heavy (non-hydrogen) atoms. The van der Waals surface area contributed by atoms with Crippen molar-refractivity contribution < 1.29 is 18.9 Å². The highest BCUT2D eigenvalue weighted by molar-refractivity contribution is 5.86. The maximum atomic E-state index is 5.49. The molecule has 4 rings (SSSR count). The van der Waals surface area contributed by atoms with Gasteiger partial charge in [0.2, 0.25) is 11.6 Å². The van der Waals surface area contributed by atoms with E-state index in [2.05, 4.69) is 16.1 Å². The summed E-state index contributed by atoms with van der Waals surface area (Å²) in [5.74, 6) is 2.34. The Hall–Kier alpha value is -3.74. The number of hydrogen-bond donors (Lipinski definition) is 0. The number of rotatable bonds is 6. The molecule has 0 radical (unpaired) electrons. The summed E-state index contributed by atoms with van der Waals surface area (Å²) in [6.45, 7) is 0. The van der Waals surface area contributed by atoms with Crippen LogP contribution in [-0.4, -0.2) is 43.2 Å². The van der Waals surface area contributed by atoms with E-state index in [4.69, 9.17) is 18.9 Å². The average Bonchev–Trinajstić information content (AvgIpc) is 3.21. The predicted molar refractivity (Wildman–Crippen MR) is 111 cm³/mol. The molecule has 0 amide bonds. The third-order valence-electron chi connectivity index (χ3n) is 4.74. The molecule has 0 aliphatic carbocycles. The van der Waals surface area contributed by atoms with Gasteiger partial charge in [-0.1, -0.05) is 12.1 Å². The van der Waals surface area contributed by atoms with Gasteiger partial charge < -0.3 is 18.9 Å². The lowest BCUT2D eigenvalue weighted by Crippen LogP contribution is -1.98. The molecule has 0 N–H and O–H groups in total. The van der Waals surface area contributed by atoms with E-state index >= 15 is 0 Å². The first-order chi connectivity index (χ1) is 14.2. The zero-order valence-corrected chi connectivity index (χ0v) is 16.7. The SMILES string of the molecule is COc1ccc(-n2ncc3ccc(-c4cc(OC)c(OC)c(OC)c4)cc32)cn1. The van der Waals surface area contributed by atoms with Crippen LogP contribution in [0, 0.1) is 0 Å². The Balaban J connectivity index is 1.83. The summed E-state index contributed by atoms with van der Waals surface area (Å²) in [5, 5.41) is 5.54. The highest BCUT2D eigenvalue weighted by atomic mass is 16.5. The van der Waals surface area contributed by atoms with Crippen LogP contribution in [0.2, 0.25) is 0 Å². The summed E-state index contributed by atoms with van der Waals surface area (Å²) in [6.07, 6.45) is 3.57. The van der Waals surface area contributed by atoms with Crippen LogP contribution >= 0.6 is 0 Å². The Kier molecular flexibility index (Phi) is 4.95. The lowest BCUT2D eigenvalue weighted by molar-refractivity contribution is 0.324. The number of nitrogens with zero attached hydrogens (tertiary/aromatic N) is 3. The van der Waals surface area contributed by atoms with Crippen molar-refractivity contribution in [2.75, 3.05) is 28.4 Å². The zero-order chi connectivity index (χ0) is 20.4. The molecule has 148 valence electrons. The summed E-state index contributed by atoms with van der Waals surface area (Å²) in [5.41, 5.74) is 3.76. The Morgan fingerprint density at radius 1 is 0.724 bits per heavy atom. The van der Waals surface area contributed by atoms with Crippen molar-refractivity contribution >= 4 is 10.9 Å². The number of ether oxygens (including phenoxy) is 4. The van der Waals surface area contributed by atoms with Gasteiger partial charge >= 0.3 is 0 Å². The molecule has 0 bridgehead atoms. The highest BCUT2D eigenvalue weighted by Crippen LogP contribution is 2.41. The smallest absolute Gasteiger partial charge is 0.213 e. The summed E-state index contributed by atoms with van der Waals surface area (Å²) >= 11 is 0. The van der Waals surface area contributed by atoms with E-state index in [0.717, 1.165) is 27.7 Å². The van der Waals surface area contributed by atoms with Crippen LogP contribution in [0.5, 0.6) is 23.1 Å². The monoisotopic (exact) mass is 391 g/mol. The summed E-state index contributed by atoms with van der Waals surface area (Å²) in [7, 11) is 6.40. The quantitative estimate of drug-likeness (QED) is 0.492. The zero-order valence-electron chi connectivity index (χ0n) is 16.7. The van der Waals surface area contributed by atoms with Crippen LogP contribution in [0.3, 0.4) is 0 Å². The molecule has 7 nitrogen and oxygen atoms in total. The van der Waals surface area contributed by atoms with Crippen LogP contribution in [-0.2, 0) is 0 Å². The first-order valence-corrected chi connectivity index (χ1v) is 8.97. The van der Waals surface area contributed by atoms with Crippen molar-refractivity contribution in [1.29, 1.82) is 0 Å². The third kappa shape index (κ3) is 3.31. The number of aromatic nitrogens is 3. The lowest BCUT2D eigenvalue weighted by Gasteiger charge is -2.14. The molecule has 2 aromatic heterocycles. The summed E-state index contributed by atoms with van der Waals surface area (Å²) in [4.78, 5) is 4.27. The average molecular weight is 391 g/mol. The molecule has 0 atom stereocenters. The van der Waals surface area contributed by atoms with Crippen molar-refractivity contribution in [2.24, 2.45) is 0 Å². The molecule has 7 heteroatoms. The van der Waals surface area contributed by atoms with E-state index in [1.807, 2.05) is 47.3 Å². The van der Waals surface area contributed by atoms with Crippen molar-refractivity contribution in [2.45, 2.75) is 0 Å². The van der Waals surface area contributed by atoms with Crippen molar-refractivity contribution in [3.63, 3.8) is 0 Å². The van der Waals surface area contributed by atoms with Crippen LogP contribution < -0.4 is 18.9 Å². The van der Waals surface area contributed by atoms with Gasteiger partial charge in [-0.25, -0.2) is 9.67 Å². The fraction of sp³-hybridized carbons (Fsp3) is 0.182. The molecular weight excluding hydrogens is 370 g/mol. The topological polar surface area (TPSA) is 67.6 Å².